The molecule has 186 valence electrons. The number of hydrogen-bond donors (Lipinski definition) is 1. The van der Waals surface area contributed by atoms with Crippen LogP contribution in [0.25, 0.3) is 11.1 Å². The lowest BCUT2D eigenvalue weighted by atomic mass is 9.82. The Labute approximate surface area is 203 Å². The predicted octanol–water partition coefficient (Wildman–Crippen LogP) is 7.29. The Morgan fingerprint density at radius 1 is 1.03 bits per heavy atom. The van der Waals surface area contributed by atoms with Crippen LogP contribution >= 0.6 is 0 Å². The van der Waals surface area contributed by atoms with Crippen LogP contribution < -0.4 is 9.47 Å². The molecule has 0 saturated carbocycles. The monoisotopic (exact) mass is 486 g/mol. The summed E-state index contributed by atoms with van der Waals surface area (Å²) in [5.41, 5.74) is 0.973. The van der Waals surface area contributed by atoms with E-state index in [-0.39, 0.29) is 36.3 Å². The van der Waals surface area contributed by atoms with Crippen molar-refractivity contribution < 1.29 is 32.5 Å². The first-order valence-electron chi connectivity index (χ1n) is 11.2. The van der Waals surface area contributed by atoms with E-state index >= 15 is 4.39 Å². The normalized spacial score (nSPS) is 12.3. The third-order valence-electron chi connectivity index (χ3n) is 5.66. The lowest BCUT2D eigenvalue weighted by molar-refractivity contribution is -0.136. The first-order chi connectivity index (χ1) is 16.5. The average molecular weight is 487 g/mol. The lowest BCUT2D eigenvalue weighted by Gasteiger charge is -2.27. The molecule has 3 aromatic rings. The molecule has 0 bridgehead atoms. The summed E-state index contributed by atoms with van der Waals surface area (Å²) in [6, 6.07) is 13.8. The smallest absolute Gasteiger partial charge is 0.303 e. The van der Waals surface area contributed by atoms with Gasteiger partial charge in [0, 0.05) is 12.0 Å². The number of ether oxygens (including phenoxy) is 2. The molecule has 0 spiro atoms. The summed E-state index contributed by atoms with van der Waals surface area (Å²) in [5, 5.41) is 8.85. The summed E-state index contributed by atoms with van der Waals surface area (Å²) < 4.78 is 56.0. The number of carbonyl (C=O) groups is 1. The molecular weight excluding hydrogens is 457 g/mol. The maximum absolute atomic E-state index is 15.6. The molecule has 0 aromatic heterocycles. The van der Waals surface area contributed by atoms with Gasteiger partial charge in [-0.25, -0.2) is 13.2 Å². The number of methoxy groups -OCH3 is 1. The maximum atomic E-state index is 15.6. The third kappa shape index (κ3) is 6.35. The van der Waals surface area contributed by atoms with E-state index in [2.05, 4.69) is 0 Å². The number of carboxylic acid groups (broad SMARTS) is 1. The van der Waals surface area contributed by atoms with Gasteiger partial charge in [-0.2, -0.15) is 0 Å². The van der Waals surface area contributed by atoms with E-state index < -0.39 is 29.2 Å². The SMILES string of the molecule is COc1ccc(F)c(-c2ccc(COc3cccc(CCC(=O)O)c3F)cc2C(F)C(C)(C)C)c1. The van der Waals surface area contributed by atoms with E-state index in [0.29, 0.717) is 22.4 Å². The maximum Gasteiger partial charge on any atom is 0.303 e. The Hall–Kier alpha value is -3.48. The first kappa shape index (κ1) is 26.1. The standard InChI is InChI=1S/C28H29F3O4/c1-28(2,3)27(31)22-14-17(8-11-20(22)21-15-19(34-4)10-12-23(21)29)16-35-24-7-5-6-18(26(24)30)9-13-25(32)33/h5-8,10-12,14-15,27H,9,13,16H2,1-4H3,(H,32,33). The Morgan fingerprint density at radius 3 is 2.43 bits per heavy atom. The molecule has 0 radical (unpaired) electrons. The Morgan fingerprint density at radius 2 is 1.77 bits per heavy atom. The number of carboxylic acids is 1. The summed E-state index contributed by atoms with van der Waals surface area (Å²) >= 11 is 0. The zero-order valence-corrected chi connectivity index (χ0v) is 20.2. The molecule has 0 heterocycles. The number of benzene rings is 3. The molecule has 0 saturated heterocycles. The summed E-state index contributed by atoms with van der Waals surface area (Å²) in [5.74, 6) is -1.72. The van der Waals surface area contributed by atoms with Crippen LogP contribution in [0.15, 0.2) is 54.6 Å². The van der Waals surface area contributed by atoms with Crippen LogP contribution in [0.3, 0.4) is 0 Å². The number of alkyl halides is 1. The van der Waals surface area contributed by atoms with Gasteiger partial charge < -0.3 is 14.6 Å². The number of aryl methyl sites for hydroxylation is 1. The van der Waals surface area contributed by atoms with Crippen molar-refractivity contribution in [2.24, 2.45) is 5.41 Å². The fourth-order valence-electron chi connectivity index (χ4n) is 3.72. The minimum Gasteiger partial charge on any atom is -0.497 e. The van der Waals surface area contributed by atoms with Gasteiger partial charge in [0.25, 0.3) is 0 Å². The van der Waals surface area contributed by atoms with E-state index in [1.807, 2.05) is 0 Å². The molecule has 0 aliphatic carbocycles. The molecule has 1 atom stereocenters. The van der Waals surface area contributed by atoms with Crippen molar-refractivity contribution in [3.63, 3.8) is 0 Å². The molecule has 7 heteroatoms. The van der Waals surface area contributed by atoms with Gasteiger partial charge in [-0.3, -0.25) is 4.79 Å². The van der Waals surface area contributed by atoms with Crippen molar-refractivity contribution in [3.8, 4) is 22.6 Å². The van der Waals surface area contributed by atoms with Gasteiger partial charge in [-0.1, -0.05) is 45.0 Å². The molecule has 0 amide bonds. The van der Waals surface area contributed by atoms with Crippen LogP contribution in [0, 0.1) is 17.0 Å². The first-order valence-corrected chi connectivity index (χ1v) is 11.2. The molecule has 0 fully saturated rings. The third-order valence-corrected chi connectivity index (χ3v) is 5.66. The number of aliphatic carboxylic acids is 1. The van der Waals surface area contributed by atoms with Crippen LogP contribution in [0.2, 0.25) is 0 Å². The fourth-order valence-corrected chi connectivity index (χ4v) is 3.72. The van der Waals surface area contributed by atoms with Gasteiger partial charge >= 0.3 is 5.97 Å². The van der Waals surface area contributed by atoms with Gasteiger partial charge in [0.2, 0.25) is 0 Å². The quantitative estimate of drug-likeness (QED) is 0.345. The average Bonchev–Trinajstić information content (AvgIpc) is 2.81. The molecule has 0 aliphatic heterocycles. The minimum atomic E-state index is -1.42. The Kier molecular flexibility index (Phi) is 8.10. The Balaban J connectivity index is 1.94. The van der Waals surface area contributed by atoms with Crippen molar-refractivity contribution >= 4 is 5.97 Å². The summed E-state index contributed by atoms with van der Waals surface area (Å²) in [6.45, 7) is 5.21. The van der Waals surface area contributed by atoms with Crippen LogP contribution in [0.1, 0.15) is 50.1 Å². The van der Waals surface area contributed by atoms with E-state index in [9.17, 15) is 13.6 Å². The second-order valence-corrected chi connectivity index (χ2v) is 9.41. The molecule has 3 rings (SSSR count). The number of rotatable bonds is 9. The predicted molar refractivity (Wildman–Crippen MR) is 128 cm³/mol. The van der Waals surface area contributed by atoms with E-state index in [4.69, 9.17) is 14.6 Å². The molecule has 35 heavy (non-hydrogen) atoms. The van der Waals surface area contributed by atoms with Gasteiger partial charge in [-0.05, 0) is 64.4 Å². The van der Waals surface area contributed by atoms with Gasteiger partial charge in [0.15, 0.2) is 11.6 Å². The highest BCUT2D eigenvalue weighted by molar-refractivity contribution is 5.70. The zero-order chi connectivity index (χ0) is 25.8. The lowest BCUT2D eigenvalue weighted by Crippen LogP contribution is -2.15. The summed E-state index contributed by atoms with van der Waals surface area (Å²) in [4.78, 5) is 10.8. The fraction of sp³-hybridized carbons (Fsp3) is 0.321. The van der Waals surface area contributed by atoms with Crippen LogP contribution in [-0.4, -0.2) is 18.2 Å². The topological polar surface area (TPSA) is 55.8 Å². The van der Waals surface area contributed by atoms with E-state index in [1.54, 1.807) is 45.0 Å². The highest BCUT2D eigenvalue weighted by Crippen LogP contribution is 2.42. The minimum absolute atomic E-state index is 0.0232. The van der Waals surface area contributed by atoms with Crippen molar-refractivity contribution in [3.05, 3.63) is 82.9 Å². The number of hydrogen-bond acceptors (Lipinski definition) is 3. The van der Waals surface area contributed by atoms with Crippen LogP contribution in [0.5, 0.6) is 11.5 Å². The highest BCUT2D eigenvalue weighted by Gasteiger charge is 2.29. The van der Waals surface area contributed by atoms with Crippen molar-refractivity contribution in [1.82, 2.24) is 0 Å². The molecule has 0 aliphatic rings. The van der Waals surface area contributed by atoms with Gasteiger partial charge in [0.1, 0.15) is 24.3 Å². The summed E-state index contributed by atoms with van der Waals surface area (Å²) in [6.07, 6.45) is -1.58. The Bertz CT molecular complexity index is 1200. The van der Waals surface area contributed by atoms with Crippen LogP contribution in [-0.2, 0) is 17.8 Å². The molecule has 1 N–H and O–H groups in total. The molecule has 4 nitrogen and oxygen atoms in total. The van der Waals surface area contributed by atoms with Crippen molar-refractivity contribution in [2.45, 2.75) is 46.4 Å². The van der Waals surface area contributed by atoms with Gasteiger partial charge in [-0.15, -0.1) is 0 Å². The van der Waals surface area contributed by atoms with Crippen molar-refractivity contribution in [1.29, 1.82) is 0 Å². The van der Waals surface area contributed by atoms with Crippen molar-refractivity contribution in [2.75, 3.05) is 7.11 Å². The summed E-state index contributed by atoms with van der Waals surface area (Å²) in [7, 11) is 1.47. The van der Waals surface area contributed by atoms with E-state index in [1.165, 1.54) is 37.4 Å². The highest BCUT2D eigenvalue weighted by atomic mass is 19.1. The largest absolute Gasteiger partial charge is 0.497 e. The molecule has 1 unspecified atom stereocenters. The second kappa shape index (κ2) is 10.8. The number of halogens is 3. The van der Waals surface area contributed by atoms with E-state index in [0.717, 1.165) is 0 Å². The molecular formula is C28H29F3O4. The van der Waals surface area contributed by atoms with Crippen LogP contribution in [0.4, 0.5) is 13.2 Å². The zero-order valence-electron chi connectivity index (χ0n) is 20.2. The van der Waals surface area contributed by atoms with Gasteiger partial charge in [0.05, 0.1) is 7.11 Å². The molecule has 3 aromatic carbocycles. The second-order valence-electron chi connectivity index (χ2n) is 9.41.